The molecule has 2 aromatic carbocycles. The SMILES string of the molecule is CC(C)(C)C[C@]1(c2ccc(C(=N)NO)cc2)NC(=NC(=O)O)N(C(CO)c2ccc(Cl)c(-n3cncn3)c2)C1=O. The lowest BCUT2D eigenvalue weighted by Crippen LogP contribution is -2.47. The van der Waals surface area contributed by atoms with Gasteiger partial charge in [-0.15, -0.1) is 4.99 Å². The molecule has 1 aliphatic rings. The second-order valence-electron chi connectivity index (χ2n) is 10.5. The summed E-state index contributed by atoms with van der Waals surface area (Å²) in [6, 6.07) is 10.2. The molecule has 2 heterocycles. The van der Waals surface area contributed by atoms with E-state index in [-0.39, 0.29) is 18.2 Å². The fourth-order valence-corrected chi connectivity index (χ4v) is 5.05. The number of halogens is 1. The first kappa shape index (κ1) is 28.7. The number of carboxylic acid groups (broad SMARTS) is 1. The molecule has 210 valence electrons. The number of rotatable bonds is 7. The molecule has 3 aromatic rings. The first-order valence-corrected chi connectivity index (χ1v) is 12.6. The van der Waals surface area contributed by atoms with Gasteiger partial charge in [-0.25, -0.2) is 14.5 Å². The van der Waals surface area contributed by atoms with E-state index >= 15 is 0 Å². The van der Waals surface area contributed by atoms with Gasteiger partial charge >= 0.3 is 6.09 Å². The Kier molecular flexibility index (Phi) is 7.91. The molecule has 0 bridgehead atoms. The van der Waals surface area contributed by atoms with Crippen LogP contribution in [0.15, 0.2) is 60.1 Å². The van der Waals surface area contributed by atoms with E-state index in [0.717, 1.165) is 4.90 Å². The summed E-state index contributed by atoms with van der Waals surface area (Å²) < 4.78 is 1.43. The summed E-state index contributed by atoms with van der Waals surface area (Å²) in [5.41, 5.74) is 1.64. The van der Waals surface area contributed by atoms with Crippen molar-refractivity contribution in [2.45, 2.75) is 38.8 Å². The summed E-state index contributed by atoms with van der Waals surface area (Å²) in [5, 5.41) is 44.6. The van der Waals surface area contributed by atoms with Crippen molar-refractivity contribution in [3.05, 3.63) is 76.8 Å². The maximum absolute atomic E-state index is 14.5. The molecule has 13 nitrogen and oxygen atoms in total. The maximum atomic E-state index is 14.5. The topological polar surface area (TPSA) is 189 Å². The van der Waals surface area contributed by atoms with Crippen LogP contribution in [-0.4, -0.2) is 65.5 Å². The number of hydrogen-bond acceptors (Lipinski definition) is 7. The summed E-state index contributed by atoms with van der Waals surface area (Å²) in [6.07, 6.45) is 1.48. The van der Waals surface area contributed by atoms with Crippen LogP contribution >= 0.6 is 11.6 Å². The van der Waals surface area contributed by atoms with E-state index in [9.17, 15) is 19.8 Å². The number of amidine groups is 1. The highest BCUT2D eigenvalue weighted by atomic mass is 35.5. The average molecular weight is 569 g/mol. The van der Waals surface area contributed by atoms with Crippen LogP contribution in [0, 0.1) is 10.8 Å². The van der Waals surface area contributed by atoms with Crippen molar-refractivity contribution in [1.29, 1.82) is 5.41 Å². The van der Waals surface area contributed by atoms with E-state index in [1.54, 1.807) is 47.9 Å². The predicted molar refractivity (Wildman–Crippen MR) is 146 cm³/mol. The van der Waals surface area contributed by atoms with Crippen molar-refractivity contribution < 1.29 is 25.0 Å². The summed E-state index contributed by atoms with van der Waals surface area (Å²) in [4.78, 5) is 35.0. The second kappa shape index (κ2) is 11.0. The van der Waals surface area contributed by atoms with Gasteiger partial charge in [-0.05, 0) is 35.1 Å². The zero-order valence-electron chi connectivity index (χ0n) is 22.0. The van der Waals surface area contributed by atoms with Crippen LogP contribution in [0.25, 0.3) is 5.69 Å². The Morgan fingerprint density at radius 2 is 1.95 bits per heavy atom. The van der Waals surface area contributed by atoms with Crippen LogP contribution in [0.5, 0.6) is 0 Å². The molecule has 1 unspecified atom stereocenters. The van der Waals surface area contributed by atoms with Gasteiger partial charge in [0.1, 0.15) is 24.0 Å². The molecule has 1 aromatic heterocycles. The van der Waals surface area contributed by atoms with Crippen LogP contribution in [0.1, 0.15) is 49.9 Å². The summed E-state index contributed by atoms with van der Waals surface area (Å²) in [6.45, 7) is 5.25. The quantitative estimate of drug-likeness (QED) is 0.141. The standard InChI is InChI=1S/C26H29ClN8O5/c1-25(2,3)12-26(17-7-4-15(5-8-17)21(28)33-40)22(37)35(23(32-26)31-24(38)39)20(11-36)16-6-9-18(27)19(10-16)34-14-29-13-30-34/h4-10,13-14,20,36,40H,11-12H2,1-3H3,(H2,28,33)(H,31,32)(H,38,39)/t20?,26-/m1/s1. The first-order valence-electron chi connectivity index (χ1n) is 12.2. The van der Waals surface area contributed by atoms with Gasteiger partial charge in [0.2, 0.25) is 5.96 Å². The molecule has 0 aliphatic carbocycles. The van der Waals surface area contributed by atoms with Crippen LogP contribution in [0.4, 0.5) is 4.79 Å². The number of aliphatic hydroxyl groups is 1. The minimum absolute atomic E-state index is 0.228. The number of nitrogens with zero attached hydrogens (tertiary/aromatic N) is 5. The fourth-order valence-electron chi connectivity index (χ4n) is 4.85. The van der Waals surface area contributed by atoms with Crippen LogP contribution in [0.2, 0.25) is 5.02 Å². The van der Waals surface area contributed by atoms with Gasteiger partial charge in [0.05, 0.1) is 23.4 Å². The van der Waals surface area contributed by atoms with Gasteiger partial charge in [0.25, 0.3) is 5.91 Å². The molecule has 4 rings (SSSR count). The third-order valence-corrected chi connectivity index (χ3v) is 6.74. The number of aliphatic hydroxyl groups excluding tert-OH is 1. The number of nitrogens with one attached hydrogen (secondary N) is 3. The molecule has 1 aliphatic heterocycles. The molecule has 1 saturated heterocycles. The van der Waals surface area contributed by atoms with E-state index in [4.69, 9.17) is 22.2 Å². The number of aliphatic imine (C=N–C) groups is 1. The van der Waals surface area contributed by atoms with E-state index in [1.165, 1.54) is 17.3 Å². The Morgan fingerprint density at radius 1 is 1.25 bits per heavy atom. The number of aromatic nitrogens is 3. The van der Waals surface area contributed by atoms with Gasteiger partial charge in [-0.3, -0.25) is 25.8 Å². The zero-order chi connectivity index (χ0) is 29.2. The maximum Gasteiger partial charge on any atom is 0.434 e. The first-order chi connectivity index (χ1) is 18.9. The third-order valence-electron chi connectivity index (χ3n) is 6.42. The van der Waals surface area contributed by atoms with Crippen LogP contribution in [-0.2, 0) is 10.3 Å². The smallest absolute Gasteiger partial charge is 0.434 e. The summed E-state index contributed by atoms with van der Waals surface area (Å²) >= 11 is 6.38. The molecular formula is C26H29ClN8O5. The Bertz CT molecular complexity index is 1450. The Morgan fingerprint density at radius 3 is 2.50 bits per heavy atom. The number of hydrogen-bond donors (Lipinski definition) is 6. The molecule has 6 N–H and O–H groups in total. The molecule has 2 amide bonds. The highest BCUT2D eigenvalue weighted by Gasteiger charge is 2.55. The lowest BCUT2D eigenvalue weighted by molar-refractivity contribution is -0.134. The van der Waals surface area contributed by atoms with Crippen molar-refractivity contribution in [2.24, 2.45) is 10.4 Å². The Hall–Kier alpha value is -4.33. The minimum atomic E-state index is -1.53. The van der Waals surface area contributed by atoms with E-state index in [2.05, 4.69) is 20.4 Å². The largest absolute Gasteiger partial charge is 0.463 e. The molecule has 0 radical (unpaired) electrons. The number of hydroxylamine groups is 1. The minimum Gasteiger partial charge on any atom is -0.463 e. The monoisotopic (exact) mass is 568 g/mol. The van der Waals surface area contributed by atoms with E-state index in [1.807, 2.05) is 20.8 Å². The third kappa shape index (κ3) is 5.52. The molecule has 1 fully saturated rings. The van der Waals surface area contributed by atoms with Crippen LogP contribution < -0.4 is 10.8 Å². The highest BCUT2D eigenvalue weighted by molar-refractivity contribution is 6.32. The van der Waals surface area contributed by atoms with Gasteiger partial charge in [0, 0.05) is 5.56 Å². The van der Waals surface area contributed by atoms with E-state index in [0.29, 0.717) is 27.4 Å². The van der Waals surface area contributed by atoms with Gasteiger partial charge < -0.3 is 15.5 Å². The summed E-state index contributed by atoms with van der Waals surface area (Å²) in [5.74, 6) is -1.00. The number of amides is 2. The zero-order valence-corrected chi connectivity index (χ0v) is 22.7. The Balaban J connectivity index is 1.87. The van der Waals surface area contributed by atoms with Gasteiger partial charge in [0.15, 0.2) is 0 Å². The predicted octanol–water partition coefficient (Wildman–Crippen LogP) is 3.06. The summed E-state index contributed by atoms with van der Waals surface area (Å²) in [7, 11) is 0. The van der Waals surface area contributed by atoms with Crippen molar-refractivity contribution in [3.63, 3.8) is 0 Å². The molecule has 14 heteroatoms. The lowest BCUT2D eigenvalue weighted by Gasteiger charge is -2.35. The fraction of sp³-hybridized carbons (Fsp3) is 0.308. The number of guanidine groups is 1. The lowest BCUT2D eigenvalue weighted by atomic mass is 9.75. The van der Waals surface area contributed by atoms with Crippen molar-refractivity contribution in [3.8, 4) is 5.69 Å². The number of carbonyl (C=O) groups excluding carboxylic acids is 1. The van der Waals surface area contributed by atoms with Gasteiger partial charge in [-0.2, -0.15) is 5.10 Å². The molecule has 2 atom stereocenters. The van der Waals surface area contributed by atoms with Crippen LogP contribution in [0.3, 0.4) is 0 Å². The molecule has 40 heavy (non-hydrogen) atoms. The second-order valence-corrected chi connectivity index (χ2v) is 10.9. The highest BCUT2D eigenvalue weighted by Crippen LogP contribution is 2.42. The normalized spacial score (nSPS) is 19.0. The Labute approximate surface area is 234 Å². The average Bonchev–Trinajstić information content (AvgIpc) is 3.52. The van der Waals surface area contributed by atoms with Crippen molar-refractivity contribution >= 4 is 35.4 Å². The van der Waals surface area contributed by atoms with Gasteiger partial charge in [-0.1, -0.05) is 62.7 Å². The van der Waals surface area contributed by atoms with Crippen molar-refractivity contribution in [2.75, 3.05) is 6.61 Å². The number of benzene rings is 2. The molecule has 0 spiro atoms. The molecular weight excluding hydrogens is 540 g/mol. The number of carbonyl (C=O) groups is 2. The van der Waals surface area contributed by atoms with E-state index < -0.39 is 35.6 Å². The molecule has 0 saturated carbocycles. The van der Waals surface area contributed by atoms with Crippen molar-refractivity contribution in [1.82, 2.24) is 30.5 Å².